The van der Waals surface area contributed by atoms with Crippen LogP contribution in [0.5, 0.6) is 0 Å². The summed E-state index contributed by atoms with van der Waals surface area (Å²) >= 11 is 3.76. The molecular formula is C6H13O2PS2Zn. The molecule has 0 bridgehead atoms. The molecule has 0 fully saturated rings. The van der Waals surface area contributed by atoms with Crippen LogP contribution in [-0.4, -0.2) is 21.3 Å². The molecule has 0 aliphatic carbocycles. The molecule has 0 aliphatic rings. The molecule has 12 heavy (non-hydrogen) atoms. The molecular weight excluding hydrogens is 265 g/mol. The van der Waals surface area contributed by atoms with Crippen LogP contribution < -0.4 is 0 Å². The smallest absolute Gasteiger partial charge is 0.199 e. The van der Waals surface area contributed by atoms with E-state index < -0.39 is 15.8 Å². The Morgan fingerprint density at radius 3 is 1.75 bits per heavy atom. The van der Waals surface area contributed by atoms with Crippen LogP contribution in [0.4, 0.5) is 0 Å². The first-order valence-electron chi connectivity index (χ1n) is 2.99. The Morgan fingerprint density at radius 2 is 1.58 bits per heavy atom. The second kappa shape index (κ2) is 7.55. The molecule has 6 heteroatoms. The van der Waals surface area contributed by atoms with Gasteiger partial charge in [0.25, 0.3) is 0 Å². The van der Waals surface area contributed by atoms with Crippen LogP contribution in [0, 0.1) is 0 Å². The Balaban J connectivity index is 0. The van der Waals surface area contributed by atoms with Crippen molar-refractivity contribution >= 4 is 28.0 Å². The van der Waals surface area contributed by atoms with E-state index in [9.17, 15) is 9.79 Å². The quantitative estimate of drug-likeness (QED) is 0.316. The third kappa shape index (κ3) is 6.65. The molecule has 2 N–H and O–H groups in total. The summed E-state index contributed by atoms with van der Waals surface area (Å²) in [5, 5.41) is 0. The van der Waals surface area contributed by atoms with Crippen LogP contribution in [0.25, 0.3) is 0 Å². The van der Waals surface area contributed by atoms with Gasteiger partial charge in [-0.3, -0.25) is 0 Å². The summed E-state index contributed by atoms with van der Waals surface area (Å²) in [7, 11) is -0.492. The van der Waals surface area contributed by atoms with Crippen molar-refractivity contribution in [1.29, 1.82) is 0 Å². The van der Waals surface area contributed by atoms with Gasteiger partial charge in [-0.25, -0.2) is 0 Å². The van der Waals surface area contributed by atoms with E-state index in [0.29, 0.717) is 11.5 Å². The summed E-state index contributed by atoms with van der Waals surface area (Å²) in [5.74, 6) is 1.19. The summed E-state index contributed by atoms with van der Waals surface area (Å²) in [6.07, 6.45) is 3.34. The summed E-state index contributed by atoms with van der Waals surface area (Å²) in [6, 6.07) is 0. The predicted octanol–water partition coefficient (Wildman–Crippen LogP) is 1.57. The molecule has 0 aliphatic heterocycles. The van der Waals surface area contributed by atoms with Gasteiger partial charge in [0.1, 0.15) is 0 Å². The molecule has 2 nitrogen and oxygen atoms in total. The van der Waals surface area contributed by atoms with Crippen molar-refractivity contribution in [3.8, 4) is 0 Å². The maximum atomic E-state index is 9.19. The van der Waals surface area contributed by atoms with E-state index >= 15 is 0 Å². The molecule has 0 saturated heterocycles. The topological polar surface area (TPSA) is 40.5 Å². The molecule has 0 heterocycles. The van der Waals surface area contributed by atoms with Crippen LogP contribution in [0.2, 0.25) is 0 Å². The number of thiol groups is 1. The Bertz CT molecular complexity index is 191. The van der Waals surface area contributed by atoms with E-state index in [4.69, 9.17) is 0 Å². The summed E-state index contributed by atoms with van der Waals surface area (Å²) in [6.45, 7) is 7.06. The van der Waals surface area contributed by atoms with Gasteiger partial charge in [0.15, 0.2) is 5.69 Å². The summed E-state index contributed by atoms with van der Waals surface area (Å²) in [4.78, 5) is 18.4. The first kappa shape index (κ1) is 15.6. The van der Waals surface area contributed by atoms with Crippen molar-refractivity contribution in [2.45, 2.75) is 0 Å². The minimum Gasteiger partial charge on any atom is -0.341 e. The van der Waals surface area contributed by atoms with Crippen LogP contribution in [0.15, 0.2) is 25.3 Å². The van der Waals surface area contributed by atoms with E-state index in [1.165, 1.54) is 0 Å². The third-order valence-electron chi connectivity index (χ3n) is 0.967. The summed E-state index contributed by atoms with van der Waals surface area (Å²) < 4.78 is 0. The summed E-state index contributed by atoms with van der Waals surface area (Å²) in [5.41, 5.74) is -2.98. The Hall–Kier alpha value is 1.15. The number of rotatable bonds is 4. The SMILES string of the molecule is C=CCS(CC=C)=P(O)(O)S.[Zn]. The van der Waals surface area contributed by atoms with Crippen molar-refractivity contribution in [2.75, 3.05) is 11.5 Å². The fourth-order valence-electron chi connectivity index (χ4n) is 0.540. The maximum Gasteiger partial charge on any atom is 0.199 e. The molecule has 0 spiro atoms. The van der Waals surface area contributed by atoms with E-state index in [1.54, 1.807) is 12.2 Å². The third-order valence-corrected chi connectivity index (χ3v) is 7.95. The largest absolute Gasteiger partial charge is 0.341 e. The number of hydrogen-bond acceptors (Lipinski definition) is 0. The standard InChI is InChI=1S/C6H13O2PS2.Zn/c1-3-5-11(6-4-2)9(7,8)10;/h3-4,7-8,10H,1-2,5-6H2;. The van der Waals surface area contributed by atoms with Crippen molar-refractivity contribution in [3.63, 3.8) is 0 Å². The fraction of sp³-hybridized carbons (Fsp3) is 0.333. The molecule has 0 amide bonds. The Kier molecular flexibility index (Phi) is 9.82. The van der Waals surface area contributed by atoms with Gasteiger partial charge in [-0.05, 0) is 0 Å². The normalized spacial score (nSPS) is 10.7. The molecule has 0 aromatic carbocycles. The molecule has 0 atom stereocenters. The monoisotopic (exact) mass is 276 g/mol. The van der Waals surface area contributed by atoms with Crippen molar-refractivity contribution in [1.82, 2.24) is 0 Å². The minimum absolute atomic E-state index is 0. The fourth-order valence-corrected chi connectivity index (χ4v) is 4.65. The van der Waals surface area contributed by atoms with Gasteiger partial charge >= 0.3 is 0 Å². The minimum atomic E-state index is -2.98. The zero-order valence-corrected chi connectivity index (χ0v) is 12.5. The zero-order valence-electron chi connectivity index (χ0n) is 6.89. The van der Waals surface area contributed by atoms with Crippen molar-refractivity contribution in [3.05, 3.63) is 25.3 Å². The average Bonchev–Trinajstić information content (AvgIpc) is 1.85. The van der Waals surface area contributed by atoms with Crippen molar-refractivity contribution in [2.24, 2.45) is 0 Å². The van der Waals surface area contributed by atoms with E-state index in [-0.39, 0.29) is 19.5 Å². The zero-order chi connectivity index (χ0) is 8.91. The second-order valence-electron chi connectivity index (χ2n) is 1.89. The first-order chi connectivity index (χ1) is 5.02. The van der Waals surface area contributed by atoms with Crippen LogP contribution >= 0.6 is 17.9 Å². The van der Waals surface area contributed by atoms with Gasteiger partial charge in [-0.1, -0.05) is 24.4 Å². The predicted molar refractivity (Wildman–Crippen MR) is 57.8 cm³/mol. The van der Waals surface area contributed by atoms with E-state index in [0.717, 1.165) is 0 Å². The van der Waals surface area contributed by atoms with Gasteiger partial charge < -0.3 is 9.79 Å². The molecule has 0 radical (unpaired) electrons. The Labute approximate surface area is 93.8 Å². The molecule has 0 saturated carbocycles. The van der Waals surface area contributed by atoms with Gasteiger partial charge in [-0.2, -0.15) is 0 Å². The maximum absolute atomic E-state index is 9.19. The molecule has 68 valence electrons. The van der Waals surface area contributed by atoms with E-state index in [2.05, 4.69) is 25.4 Å². The van der Waals surface area contributed by atoms with Crippen molar-refractivity contribution < 1.29 is 29.3 Å². The van der Waals surface area contributed by atoms with Gasteiger partial charge in [0.05, 0.1) is 0 Å². The van der Waals surface area contributed by atoms with Crippen LogP contribution in [0.1, 0.15) is 0 Å². The molecule has 0 aromatic rings. The number of hydrogen-bond donors (Lipinski definition) is 3. The molecule has 0 rings (SSSR count). The van der Waals surface area contributed by atoms with E-state index in [1.807, 2.05) is 0 Å². The average molecular weight is 278 g/mol. The molecule has 0 aromatic heterocycles. The van der Waals surface area contributed by atoms with Gasteiger partial charge in [0.2, 0.25) is 0 Å². The Morgan fingerprint density at radius 1 is 1.25 bits per heavy atom. The van der Waals surface area contributed by atoms with Crippen LogP contribution in [0.3, 0.4) is 0 Å². The van der Waals surface area contributed by atoms with Gasteiger partial charge in [0, 0.05) is 31.0 Å². The first-order valence-corrected chi connectivity index (χ1v) is 8.01. The van der Waals surface area contributed by atoms with Gasteiger partial charge in [-0.15, -0.1) is 23.2 Å². The molecule has 0 unspecified atom stereocenters. The van der Waals surface area contributed by atoms with Crippen LogP contribution in [-0.2, 0) is 29.6 Å². The second-order valence-corrected chi connectivity index (χ2v) is 10.1.